The van der Waals surface area contributed by atoms with Gasteiger partial charge in [0.1, 0.15) is 0 Å². The van der Waals surface area contributed by atoms with E-state index in [1.165, 1.54) is 49.5 Å². The van der Waals surface area contributed by atoms with Crippen molar-refractivity contribution in [3.05, 3.63) is 103 Å². The van der Waals surface area contributed by atoms with E-state index in [0.29, 0.717) is 0 Å². The maximum absolute atomic E-state index is 4.16. The van der Waals surface area contributed by atoms with Gasteiger partial charge >= 0.3 is 0 Å². The molecule has 0 atom stereocenters. The van der Waals surface area contributed by atoms with Crippen LogP contribution in [0, 0.1) is 6.92 Å². The lowest BCUT2D eigenvalue weighted by Crippen LogP contribution is -1.97. The van der Waals surface area contributed by atoms with Gasteiger partial charge in [0.15, 0.2) is 0 Å². The lowest BCUT2D eigenvalue weighted by atomic mass is 9.97. The number of benzene rings is 4. The highest BCUT2D eigenvalue weighted by Gasteiger charge is 2.25. The summed E-state index contributed by atoms with van der Waals surface area (Å²) >= 11 is 0. The monoisotopic (exact) mass is 383 g/mol. The summed E-state index contributed by atoms with van der Waals surface area (Å²) in [7, 11) is 0. The maximum Gasteiger partial charge on any atom is 0.0553 e. The van der Waals surface area contributed by atoms with Gasteiger partial charge in [-0.3, -0.25) is 0 Å². The van der Waals surface area contributed by atoms with Crippen LogP contribution in [0.2, 0.25) is 0 Å². The molecule has 142 valence electrons. The molecular weight excluding hydrogens is 362 g/mol. The second-order valence-electron chi connectivity index (χ2n) is 7.97. The van der Waals surface area contributed by atoms with E-state index < -0.39 is 0 Å². The molecule has 0 radical (unpaired) electrons. The van der Waals surface area contributed by atoms with Gasteiger partial charge in [0.25, 0.3) is 0 Å². The number of aromatic nitrogens is 1. The van der Waals surface area contributed by atoms with Crippen molar-refractivity contribution in [2.24, 2.45) is 0 Å². The highest BCUT2D eigenvalue weighted by Crippen LogP contribution is 2.50. The first-order valence-corrected chi connectivity index (χ1v) is 10.3. The van der Waals surface area contributed by atoms with Gasteiger partial charge in [0, 0.05) is 16.6 Å². The fourth-order valence-corrected chi connectivity index (χ4v) is 5.08. The van der Waals surface area contributed by atoms with Crippen molar-refractivity contribution in [1.82, 2.24) is 4.57 Å². The van der Waals surface area contributed by atoms with Gasteiger partial charge in [-0.25, -0.2) is 0 Å². The molecule has 0 unspecified atom stereocenters. The summed E-state index contributed by atoms with van der Waals surface area (Å²) in [6.45, 7) is 10.4. The van der Waals surface area contributed by atoms with Crippen LogP contribution in [0.15, 0.2) is 86.0 Å². The summed E-state index contributed by atoms with van der Waals surface area (Å²) in [6.07, 6.45) is 3.92. The van der Waals surface area contributed by atoms with Crippen LogP contribution in [0.25, 0.3) is 61.8 Å². The van der Waals surface area contributed by atoms with Gasteiger partial charge < -0.3 is 4.57 Å². The molecule has 5 aromatic rings. The minimum atomic E-state index is 1.08. The number of fused-ring (bicyclic) bond motifs is 5. The van der Waals surface area contributed by atoms with Crippen LogP contribution < -0.4 is 0 Å². The molecule has 1 nitrogen and oxygen atoms in total. The largest absolute Gasteiger partial charge is 0.309 e. The number of nitrogens with zero attached hydrogens (tertiary/aromatic N) is 1. The summed E-state index contributed by atoms with van der Waals surface area (Å²) in [6, 6.07) is 26.4. The van der Waals surface area contributed by atoms with E-state index in [1.54, 1.807) is 0 Å². The van der Waals surface area contributed by atoms with Crippen molar-refractivity contribution >= 4 is 33.8 Å². The third kappa shape index (κ3) is 2.07. The Kier molecular flexibility index (Phi) is 3.45. The first-order valence-electron chi connectivity index (χ1n) is 10.3. The molecular formula is C29H21N. The maximum atomic E-state index is 4.16. The molecule has 1 aromatic heterocycles. The fourth-order valence-electron chi connectivity index (χ4n) is 5.08. The summed E-state index contributed by atoms with van der Waals surface area (Å²) in [4.78, 5) is 0. The zero-order valence-electron chi connectivity index (χ0n) is 16.9. The second-order valence-corrected chi connectivity index (χ2v) is 7.97. The molecule has 30 heavy (non-hydrogen) atoms. The Morgan fingerprint density at radius 3 is 2.10 bits per heavy atom. The Morgan fingerprint density at radius 2 is 1.40 bits per heavy atom. The van der Waals surface area contributed by atoms with Crippen molar-refractivity contribution in [3.8, 4) is 27.9 Å². The smallest absolute Gasteiger partial charge is 0.0553 e. The van der Waals surface area contributed by atoms with Crippen molar-refractivity contribution in [2.45, 2.75) is 6.92 Å². The average molecular weight is 383 g/mol. The second kappa shape index (κ2) is 6.08. The first kappa shape index (κ1) is 17.1. The van der Waals surface area contributed by atoms with Crippen LogP contribution in [0.3, 0.4) is 0 Å². The predicted molar refractivity (Wildman–Crippen MR) is 130 cm³/mol. The summed E-state index contributed by atoms with van der Waals surface area (Å²) in [5, 5.41) is 3.86. The zero-order valence-corrected chi connectivity index (χ0v) is 16.9. The molecule has 0 fully saturated rings. The standard InChI is InChI=1S/C29H21N/c1-4-20-26(5-2)30(19-15-13-18(3)14-16-19)27-17-25-22-10-7-6-9-21(22)23-11-8-12-24(28(23)25)29(20)27/h4-17H,1-2H2,3H3. The Morgan fingerprint density at radius 1 is 0.700 bits per heavy atom. The highest BCUT2D eigenvalue weighted by molar-refractivity contribution is 6.25. The third-order valence-electron chi connectivity index (χ3n) is 6.36. The number of aryl methyl sites for hydroxylation is 1. The number of rotatable bonds is 3. The molecule has 0 bridgehead atoms. The van der Waals surface area contributed by atoms with E-state index in [0.717, 1.165) is 16.9 Å². The molecule has 4 aromatic carbocycles. The van der Waals surface area contributed by atoms with E-state index in [4.69, 9.17) is 0 Å². The van der Waals surface area contributed by atoms with Gasteiger partial charge in [0.05, 0.1) is 11.2 Å². The van der Waals surface area contributed by atoms with E-state index in [2.05, 4.69) is 97.4 Å². The van der Waals surface area contributed by atoms with E-state index in [-0.39, 0.29) is 0 Å². The third-order valence-corrected chi connectivity index (χ3v) is 6.36. The Labute approximate surface area is 176 Å². The van der Waals surface area contributed by atoms with Gasteiger partial charge in [0.2, 0.25) is 0 Å². The van der Waals surface area contributed by atoms with Crippen LogP contribution in [0.4, 0.5) is 0 Å². The zero-order chi connectivity index (χ0) is 20.4. The van der Waals surface area contributed by atoms with Gasteiger partial charge in [-0.1, -0.05) is 79.4 Å². The lowest BCUT2D eigenvalue weighted by Gasteiger charge is -2.11. The normalized spacial score (nSPS) is 11.8. The highest BCUT2D eigenvalue weighted by atomic mass is 15.0. The average Bonchev–Trinajstić information content (AvgIpc) is 3.29. The molecule has 0 N–H and O–H groups in total. The molecule has 0 aliphatic heterocycles. The fraction of sp³-hybridized carbons (Fsp3) is 0.0345. The van der Waals surface area contributed by atoms with Crippen molar-refractivity contribution in [1.29, 1.82) is 0 Å². The predicted octanol–water partition coefficient (Wildman–Crippen LogP) is 8.03. The topological polar surface area (TPSA) is 4.93 Å². The van der Waals surface area contributed by atoms with Crippen molar-refractivity contribution in [2.75, 3.05) is 0 Å². The Balaban J connectivity index is 1.86. The van der Waals surface area contributed by atoms with Crippen molar-refractivity contribution < 1.29 is 0 Å². The molecule has 1 heteroatoms. The quantitative estimate of drug-likeness (QED) is 0.291. The lowest BCUT2D eigenvalue weighted by molar-refractivity contribution is 1.10. The van der Waals surface area contributed by atoms with Crippen LogP contribution in [0.1, 0.15) is 16.8 Å². The SMILES string of the molecule is C=Cc1c(C=C)n(-c2ccc(C)cc2)c2cc3c4c(cccc4c12)-c1ccccc1-3. The van der Waals surface area contributed by atoms with E-state index >= 15 is 0 Å². The molecule has 0 saturated heterocycles. The minimum absolute atomic E-state index is 1.08. The van der Waals surface area contributed by atoms with E-state index in [1.807, 2.05) is 12.2 Å². The number of hydrogen-bond acceptors (Lipinski definition) is 0. The Hall–Kier alpha value is -3.84. The molecule has 0 saturated carbocycles. The molecule has 6 rings (SSSR count). The van der Waals surface area contributed by atoms with Crippen LogP contribution in [-0.4, -0.2) is 4.57 Å². The molecule has 1 heterocycles. The van der Waals surface area contributed by atoms with Crippen LogP contribution in [0.5, 0.6) is 0 Å². The summed E-state index contributed by atoms with van der Waals surface area (Å²) in [5.74, 6) is 0. The van der Waals surface area contributed by atoms with Gasteiger partial charge in [-0.05, 0) is 64.2 Å². The Bertz CT molecular complexity index is 1510. The van der Waals surface area contributed by atoms with Gasteiger partial charge in [-0.2, -0.15) is 0 Å². The minimum Gasteiger partial charge on any atom is -0.309 e. The molecule has 0 amide bonds. The number of hydrogen-bond donors (Lipinski definition) is 0. The van der Waals surface area contributed by atoms with Crippen molar-refractivity contribution in [3.63, 3.8) is 0 Å². The van der Waals surface area contributed by atoms with E-state index in [9.17, 15) is 0 Å². The molecule has 0 spiro atoms. The first-order chi connectivity index (χ1) is 14.7. The molecule has 1 aliphatic carbocycles. The van der Waals surface area contributed by atoms with Crippen LogP contribution >= 0.6 is 0 Å². The van der Waals surface area contributed by atoms with Gasteiger partial charge in [-0.15, -0.1) is 0 Å². The summed E-state index contributed by atoms with van der Waals surface area (Å²) < 4.78 is 2.32. The summed E-state index contributed by atoms with van der Waals surface area (Å²) in [5.41, 5.74) is 11.1. The molecule has 1 aliphatic rings. The van der Waals surface area contributed by atoms with Crippen LogP contribution in [-0.2, 0) is 0 Å².